The van der Waals surface area contributed by atoms with Crippen molar-refractivity contribution in [3.63, 3.8) is 0 Å². The summed E-state index contributed by atoms with van der Waals surface area (Å²) in [4.78, 5) is 22.5. The third kappa shape index (κ3) is 4.01. The molecule has 1 aromatic carbocycles. The largest absolute Gasteiger partial charge is 1.00 e. The van der Waals surface area contributed by atoms with Gasteiger partial charge in [0.25, 0.3) is 0 Å². The smallest absolute Gasteiger partial charge is 0.247 e. The summed E-state index contributed by atoms with van der Waals surface area (Å²) in [5, 5.41) is 5.02. The Balaban J connectivity index is 0.00000128. The molecule has 0 atom stereocenters. The van der Waals surface area contributed by atoms with Gasteiger partial charge >= 0.3 is 70.5 Å². The van der Waals surface area contributed by atoms with E-state index >= 15 is 0 Å². The minimum absolute atomic E-state index is 0. The molecule has 1 heterocycles. The Hall–Kier alpha value is 0.540. The molecule has 17 heavy (non-hydrogen) atoms. The Bertz CT molecular complexity index is 572. The number of aromatic nitrogens is 3. The van der Waals surface area contributed by atoms with Crippen LogP contribution in [-0.4, -0.2) is 14.8 Å². The van der Waals surface area contributed by atoms with E-state index in [2.05, 4.69) is 10.2 Å². The van der Waals surface area contributed by atoms with Crippen LogP contribution in [0, 0.1) is 0 Å². The summed E-state index contributed by atoms with van der Waals surface area (Å²) in [5.74, 6) is 0. The number of H-pyrrole nitrogens is 2. The van der Waals surface area contributed by atoms with E-state index in [1.165, 1.54) is 18.2 Å². The van der Waals surface area contributed by atoms with Gasteiger partial charge in [0, 0.05) is 10.0 Å². The van der Waals surface area contributed by atoms with Crippen LogP contribution in [0.2, 0.25) is 10.0 Å². The standard InChI is InChI=1S/C8H5Cl2N3O2.2Na/c9-4-1-5(10)3-6(2-4)13-7(14)11-12-8(13)15;;/h1-3H,(H,11,14)(H,12,15);;/q;2*+1. The number of rotatable bonds is 1. The maximum absolute atomic E-state index is 11.3. The Morgan fingerprint density at radius 2 is 1.29 bits per heavy atom. The molecule has 0 radical (unpaired) electrons. The number of benzene rings is 1. The molecular weight excluding hydrogens is 287 g/mol. The molecule has 78 valence electrons. The van der Waals surface area contributed by atoms with Gasteiger partial charge < -0.3 is 0 Å². The minimum Gasteiger partial charge on any atom is -0.247 e. The molecule has 0 fully saturated rings. The van der Waals surface area contributed by atoms with Crippen LogP contribution >= 0.6 is 23.2 Å². The number of halogens is 2. The summed E-state index contributed by atoms with van der Waals surface area (Å²) in [7, 11) is 0. The molecule has 0 amide bonds. The molecule has 0 saturated carbocycles. The van der Waals surface area contributed by atoms with E-state index in [1.807, 2.05) is 0 Å². The third-order valence-electron chi connectivity index (χ3n) is 1.79. The van der Waals surface area contributed by atoms with Crippen molar-refractivity contribution >= 4 is 23.2 Å². The van der Waals surface area contributed by atoms with E-state index in [9.17, 15) is 9.59 Å². The topological polar surface area (TPSA) is 70.7 Å². The summed E-state index contributed by atoms with van der Waals surface area (Å²) >= 11 is 11.5. The Morgan fingerprint density at radius 1 is 0.882 bits per heavy atom. The summed E-state index contributed by atoms with van der Waals surface area (Å²) < 4.78 is 0.901. The molecular formula is C8H5Cl2N3Na2O2+2. The van der Waals surface area contributed by atoms with Crippen molar-refractivity contribution < 1.29 is 59.1 Å². The first kappa shape index (κ1) is 17.5. The van der Waals surface area contributed by atoms with E-state index in [4.69, 9.17) is 23.2 Å². The minimum atomic E-state index is -0.571. The molecule has 2 aromatic rings. The van der Waals surface area contributed by atoms with Gasteiger partial charge in [0.1, 0.15) is 0 Å². The average Bonchev–Trinajstić information content (AvgIpc) is 2.44. The second kappa shape index (κ2) is 7.21. The van der Waals surface area contributed by atoms with Crippen molar-refractivity contribution in [3.8, 4) is 5.69 Å². The first-order valence-corrected chi connectivity index (χ1v) is 4.70. The zero-order chi connectivity index (χ0) is 11.0. The quantitative estimate of drug-likeness (QED) is 0.518. The second-order valence-electron chi connectivity index (χ2n) is 2.82. The third-order valence-corrected chi connectivity index (χ3v) is 2.22. The van der Waals surface area contributed by atoms with Crippen LogP contribution in [0.5, 0.6) is 0 Å². The zero-order valence-electron chi connectivity index (χ0n) is 9.25. The Kier molecular flexibility index (Phi) is 7.44. The molecule has 0 aliphatic rings. The summed E-state index contributed by atoms with van der Waals surface area (Å²) in [5.41, 5.74) is -0.823. The van der Waals surface area contributed by atoms with Crippen LogP contribution in [-0.2, 0) is 0 Å². The predicted molar refractivity (Wildman–Crippen MR) is 57.0 cm³/mol. The first-order valence-electron chi connectivity index (χ1n) is 3.94. The van der Waals surface area contributed by atoms with Crippen molar-refractivity contribution in [2.45, 2.75) is 0 Å². The van der Waals surface area contributed by atoms with Gasteiger partial charge in [-0.05, 0) is 18.2 Å². The van der Waals surface area contributed by atoms with Gasteiger partial charge in [-0.2, -0.15) is 0 Å². The fourth-order valence-corrected chi connectivity index (χ4v) is 1.73. The second-order valence-corrected chi connectivity index (χ2v) is 3.70. The normalized spacial score (nSPS) is 9.29. The molecule has 0 spiro atoms. The van der Waals surface area contributed by atoms with Crippen molar-refractivity contribution in [1.82, 2.24) is 14.8 Å². The van der Waals surface area contributed by atoms with Gasteiger partial charge in [-0.1, -0.05) is 23.2 Å². The maximum atomic E-state index is 11.3. The van der Waals surface area contributed by atoms with Crippen molar-refractivity contribution in [2.75, 3.05) is 0 Å². The van der Waals surface area contributed by atoms with E-state index in [-0.39, 0.29) is 59.1 Å². The van der Waals surface area contributed by atoms with Gasteiger partial charge in [-0.25, -0.2) is 24.4 Å². The molecule has 9 heteroatoms. The number of nitrogens with one attached hydrogen (secondary N) is 2. The monoisotopic (exact) mass is 291 g/mol. The van der Waals surface area contributed by atoms with E-state index in [0.29, 0.717) is 15.7 Å². The number of hydrogen-bond donors (Lipinski definition) is 2. The summed E-state index contributed by atoms with van der Waals surface area (Å²) in [6.45, 7) is 0. The van der Waals surface area contributed by atoms with Crippen LogP contribution in [0.3, 0.4) is 0 Å². The van der Waals surface area contributed by atoms with Crippen molar-refractivity contribution in [1.29, 1.82) is 0 Å². The Morgan fingerprint density at radius 3 is 1.71 bits per heavy atom. The molecule has 0 unspecified atom stereocenters. The molecule has 0 saturated heterocycles. The predicted octanol–water partition coefficient (Wildman–Crippen LogP) is -4.83. The van der Waals surface area contributed by atoms with Crippen LogP contribution in [0.25, 0.3) is 5.69 Å². The molecule has 1 aromatic heterocycles. The Labute approximate surface area is 150 Å². The fraction of sp³-hybridized carbons (Fsp3) is 0. The van der Waals surface area contributed by atoms with Crippen molar-refractivity contribution in [2.24, 2.45) is 0 Å². The zero-order valence-corrected chi connectivity index (χ0v) is 14.8. The number of nitrogens with zero attached hydrogens (tertiary/aromatic N) is 1. The van der Waals surface area contributed by atoms with Gasteiger partial charge in [-0.3, -0.25) is 0 Å². The van der Waals surface area contributed by atoms with Gasteiger partial charge in [0.2, 0.25) is 0 Å². The van der Waals surface area contributed by atoms with E-state index < -0.39 is 11.4 Å². The molecule has 0 aliphatic heterocycles. The van der Waals surface area contributed by atoms with Gasteiger partial charge in [-0.15, -0.1) is 0 Å². The van der Waals surface area contributed by atoms with Crippen molar-refractivity contribution in [3.05, 3.63) is 49.2 Å². The maximum Gasteiger partial charge on any atom is 1.00 e. The first-order chi connectivity index (χ1) is 7.08. The van der Waals surface area contributed by atoms with Crippen LogP contribution in [0.15, 0.2) is 27.8 Å². The summed E-state index contributed by atoms with van der Waals surface area (Å²) in [6, 6.07) is 4.45. The summed E-state index contributed by atoms with van der Waals surface area (Å²) in [6.07, 6.45) is 0. The van der Waals surface area contributed by atoms with Gasteiger partial charge in [0.15, 0.2) is 0 Å². The number of aromatic amines is 2. The molecule has 5 nitrogen and oxygen atoms in total. The average molecular weight is 292 g/mol. The molecule has 2 N–H and O–H groups in total. The SMILES string of the molecule is O=c1[nH][nH]c(=O)n1-c1cc(Cl)cc(Cl)c1.[Na+].[Na+]. The fourth-order valence-electron chi connectivity index (χ4n) is 1.21. The molecule has 0 aliphatic carbocycles. The van der Waals surface area contributed by atoms with Crippen LogP contribution in [0.4, 0.5) is 0 Å². The van der Waals surface area contributed by atoms with Crippen LogP contribution < -0.4 is 70.5 Å². The molecule has 0 bridgehead atoms. The van der Waals surface area contributed by atoms with E-state index in [1.54, 1.807) is 0 Å². The molecule has 2 rings (SSSR count). The number of hydrogen-bond acceptors (Lipinski definition) is 2. The van der Waals surface area contributed by atoms with Gasteiger partial charge in [0.05, 0.1) is 5.69 Å². The van der Waals surface area contributed by atoms with E-state index in [0.717, 1.165) is 4.57 Å². The van der Waals surface area contributed by atoms with Crippen LogP contribution in [0.1, 0.15) is 0 Å².